The van der Waals surface area contributed by atoms with Gasteiger partial charge in [-0.15, -0.1) is 4.91 Å². The van der Waals surface area contributed by atoms with Gasteiger partial charge in [-0.3, -0.25) is 28.1 Å². The molecule has 2 atom stereocenters. The van der Waals surface area contributed by atoms with Crippen LogP contribution in [0.3, 0.4) is 0 Å². The number of imidazole rings is 3. The lowest BCUT2D eigenvalue weighted by molar-refractivity contribution is -0.148. The van der Waals surface area contributed by atoms with Crippen LogP contribution in [0.25, 0.3) is 33.5 Å². The number of nitrogens with one attached hydrogen (secondary N) is 1. The molecule has 0 unspecified atom stereocenters. The van der Waals surface area contributed by atoms with Gasteiger partial charge in [-0.05, 0) is 145 Å². The van der Waals surface area contributed by atoms with Gasteiger partial charge >= 0.3 is 18.5 Å². The van der Waals surface area contributed by atoms with Crippen molar-refractivity contribution in [3.8, 4) is 18.2 Å². The Kier molecular flexibility index (Phi) is 29.8. The van der Waals surface area contributed by atoms with Gasteiger partial charge in [-0.1, -0.05) is 76.9 Å². The molecule has 6 aromatic heterocycles. The highest BCUT2D eigenvalue weighted by molar-refractivity contribution is 9.10. The topological polar surface area (TPSA) is 361 Å². The summed E-state index contributed by atoms with van der Waals surface area (Å²) in [5.41, 5.74) is 16.0. The van der Waals surface area contributed by atoms with E-state index in [1.54, 1.807) is 121 Å². The van der Waals surface area contributed by atoms with Crippen LogP contribution in [0, 0.1) is 38.9 Å². The SMILES string of the molecule is C.C.C.CC(C)(C)ON=O.CC(C)n1c(C(F)(F)F)nc2c(=O)n(Cc3ccccc3C#N)c(Br)nc21.CC(C)n1c(C(F)(F)F)nc2c(=O)n(Cc3ccccc3C#N)c(N)nc21.CC(C)n1c(C(F)(F)F)nc2c(=O)n(Cc3ccccc3C#N)c(N3CCC[C@@H](N)C3)nc21.N[C@@H]1CCCNC1. The summed E-state index contributed by atoms with van der Waals surface area (Å²) in [5.74, 6) is -3.55. The molecule has 8 heterocycles. The summed E-state index contributed by atoms with van der Waals surface area (Å²) in [7, 11) is 0. The molecule has 0 amide bonds. The van der Waals surface area contributed by atoms with Crippen molar-refractivity contribution < 1.29 is 44.4 Å². The first-order chi connectivity index (χ1) is 47.4. The van der Waals surface area contributed by atoms with Crippen LogP contribution in [0.4, 0.5) is 51.4 Å². The number of anilines is 2. The second kappa shape index (κ2) is 35.9. The summed E-state index contributed by atoms with van der Waals surface area (Å²) in [5, 5.41) is 33.3. The Morgan fingerprint density at radius 2 is 0.933 bits per heavy atom. The van der Waals surface area contributed by atoms with Crippen LogP contribution in [0.5, 0.6) is 0 Å². The van der Waals surface area contributed by atoms with Gasteiger partial charge < -0.3 is 46.0 Å². The van der Waals surface area contributed by atoms with E-state index >= 15 is 0 Å². The lowest BCUT2D eigenvalue weighted by Crippen LogP contribution is -2.45. The number of alkyl halides is 9. The second-order valence-corrected chi connectivity index (χ2v) is 25.9. The van der Waals surface area contributed by atoms with Crippen molar-refractivity contribution in [2.45, 2.75) is 184 Å². The predicted molar refractivity (Wildman–Crippen MR) is 381 cm³/mol. The van der Waals surface area contributed by atoms with Crippen molar-refractivity contribution in [3.05, 3.63) is 164 Å². The number of halogens is 10. The summed E-state index contributed by atoms with van der Waals surface area (Å²) in [6.45, 7) is 17.6. The first-order valence-electron chi connectivity index (χ1n) is 31.5. The molecule has 0 aliphatic carbocycles. The fourth-order valence-electron chi connectivity index (χ4n) is 10.9. The van der Waals surface area contributed by atoms with Gasteiger partial charge in [0.05, 0.1) is 54.5 Å². The van der Waals surface area contributed by atoms with E-state index in [0.717, 1.165) is 48.8 Å². The van der Waals surface area contributed by atoms with Crippen LogP contribution in [0.2, 0.25) is 0 Å². The zero-order valence-corrected chi connectivity index (χ0v) is 57.8. The number of fused-ring (bicyclic) bond motifs is 3. The molecule has 104 heavy (non-hydrogen) atoms. The Morgan fingerprint density at radius 1 is 0.567 bits per heavy atom. The first-order valence-corrected chi connectivity index (χ1v) is 32.3. The number of hydrogen-bond donors (Lipinski definition) is 4. The quantitative estimate of drug-likeness (QED) is 0.0404. The van der Waals surface area contributed by atoms with E-state index in [4.69, 9.17) is 17.2 Å². The number of nitriles is 3. The molecule has 36 heteroatoms. The Balaban J connectivity index is 0.000000298. The van der Waals surface area contributed by atoms with Gasteiger partial charge in [0.15, 0.2) is 43.6 Å². The Morgan fingerprint density at radius 3 is 1.27 bits per heavy atom. The number of aromatic nitrogens is 12. The maximum Gasteiger partial charge on any atom is 0.449 e. The average Bonchev–Trinajstić information content (AvgIpc) is 1.60. The van der Waals surface area contributed by atoms with Crippen molar-refractivity contribution in [1.82, 2.24) is 62.6 Å². The maximum absolute atomic E-state index is 13.7. The number of rotatable bonds is 11. The molecule has 26 nitrogen and oxygen atoms in total. The molecule has 9 aromatic rings. The molecule has 0 spiro atoms. The molecule has 2 aliphatic heterocycles. The van der Waals surface area contributed by atoms with Crippen molar-refractivity contribution in [3.63, 3.8) is 0 Å². The molecule has 3 aromatic carbocycles. The molecule has 0 saturated carbocycles. The summed E-state index contributed by atoms with van der Waals surface area (Å²) >= 11 is 3.16. The molecule has 2 saturated heterocycles. The highest BCUT2D eigenvalue weighted by Crippen LogP contribution is 2.36. The van der Waals surface area contributed by atoms with Crippen LogP contribution in [-0.2, 0) is 43.0 Å². The minimum Gasteiger partial charge on any atom is -0.369 e. The van der Waals surface area contributed by atoms with Crippen molar-refractivity contribution >= 4 is 61.3 Å². The minimum atomic E-state index is -4.75. The molecular weight excluding hydrogens is 1440 g/mol. The smallest absolute Gasteiger partial charge is 0.369 e. The molecule has 2 fully saturated rings. The normalized spacial score (nSPS) is 14.5. The van der Waals surface area contributed by atoms with E-state index in [-0.39, 0.29) is 92.6 Å². The third kappa shape index (κ3) is 20.4. The average molecular weight is 1530 g/mol. The van der Waals surface area contributed by atoms with E-state index < -0.39 is 81.9 Å². The number of benzene rings is 3. The van der Waals surface area contributed by atoms with Gasteiger partial charge in [-0.25, -0.2) is 19.9 Å². The Bertz CT molecular complexity index is 4590. The van der Waals surface area contributed by atoms with Crippen LogP contribution in [0.1, 0.15) is 179 Å². The van der Waals surface area contributed by atoms with Crippen molar-refractivity contribution in [2.24, 2.45) is 16.8 Å². The number of nitrogens with zero attached hydrogens (tertiary/aromatic N) is 17. The third-order valence-corrected chi connectivity index (χ3v) is 16.1. The minimum absolute atomic E-state index is 0. The molecule has 11 rings (SSSR count). The maximum atomic E-state index is 13.7. The van der Waals surface area contributed by atoms with E-state index in [2.05, 4.69) is 67.4 Å². The zero-order valence-electron chi connectivity index (χ0n) is 56.2. The lowest BCUT2D eigenvalue weighted by atomic mass is 10.1. The fraction of sp³-hybridized carbons (Fsp3) is 0.471. The van der Waals surface area contributed by atoms with Crippen molar-refractivity contribution in [1.29, 1.82) is 15.8 Å². The Labute approximate surface area is 602 Å². The zero-order chi connectivity index (χ0) is 74.8. The number of piperidine rings is 2. The number of hydrogen-bond acceptors (Lipinski definition) is 20. The molecule has 7 N–H and O–H groups in total. The number of nitrogens with two attached hydrogens (primary N) is 3. The Hall–Kier alpha value is -10.1. The highest BCUT2D eigenvalue weighted by atomic mass is 79.9. The van der Waals surface area contributed by atoms with Gasteiger partial charge in [0.25, 0.3) is 16.7 Å². The highest BCUT2D eigenvalue weighted by Gasteiger charge is 2.42. The van der Waals surface area contributed by atoms with Gasteiger partial charge in [0, 0.05) is 49.8 Å². The summed E-state index contributed by atoms with van der Waals surface area (Å²) in [6.07, 6.45) is -10.2. The van der Waals surface area contributed by atoms with Crippen LogP contribution >= 0.6 is 15.9 Å². The van der Waals surface area contributed by atoms with Crippen LogP contribution in [-0.4, -0.2) is 101 Å². The largest absolute Gasteiger partial charge is 0.449 e. The fourth-order valence-corrected chi connectivity index (χ4v) is 11.3. The monoisotopic (exact) mass is 1530 g/mol. The van der Waals surface area contributed by atoms with Gasteiger partial charge in [0.2, 0.25) is 29.4 Å². The van der Waals surface area contributed by atoms with Crippen LogP contribution in [0.15, 0.2) is 97.3 Å². The van der Waals surface area contributed by atoms with E-state index in [9.17, 15) is 74.6 Å². The predicted octanol–water partition coefficient (Wildman–Crippen LogP) is 12.7. The summed E-state index contributed by atoms with van der Waals surface area (Å²) < 4.78 is 128. The van der Waals surface area contributed by atoms with Gasteiger partial charge in [-0.2, -0.15) is 65.3 Å². The second-order valence-electron chi connectivity index (χ2n) is 25.2. The lowest BCUT2D eigenvalue weighted by Gasteiger charge is -2.33. The summed E-state index contributed by atoms with van der Waals surface area (Å²) in [4.78, 5) is 78.1. The van der Waals surface area contributed by atoms with E-state index in [0.29, 0.717) is 52.5 Å². The molecular formula is C68H85BrF9N21O5. The third-order valence-electron chi connectivity index (χ3n) is 15.5. The number of nitrogen functional groups attached to an aromatic ring is 1. The first kappa shape index (κ1) is 86.3. The van der Waals surface area contributed by atoms with Crippen molar-refractivity contribution in [2.75, 3.05) is 36.8 Å². The summed E-state index contributed by atoms with van der Waals surface area (Å²) in [6, 6.07) is 24.5. The molecule has 0 bridgehead atoms. The molecule has 2 aliphatic rings. The molecule has 562 valence electrons. The standard InChI is InChI=1S/C22H24F3N7O.C17H13BrF3N5O.C17H15F3N6O.C5H12N2.C4H9NO2.3CH4/c1-13(2)32-18-17(28-20(32)22(23,24)25)19(33)31(11-15-7-4-3-6-14(15)10-26)21(29-18)30-9-5-8-16(27)12-30;1-9(2)26-13-12(23-15(26)17(19,20)21)14(27)25(16(18)24-13)8-11-6-4-3-5-10(11)7-22;1-9(2)26-13-12(23-15(26)17(18,19)20)14(27)25(16(22)24-13)8-11-6-4-3-5-10(11)7-21;6-5-2-1-3-7-4-5;1-4(2,3)7-5-6;;;/h3-4,6-7,13,16H,5,8-9,11-12,27H2,1-2H3;3-6,9H,8H2,1-2H3;3-6,9H,8H2,1-2H3,(H2,22,24);5,7H,1-4,6H2;1-3H3;3*1H4/t16-;;;5-;;;;/m1..1..../s1. The molecule has 0 radical (unpaired) electrons. The van der Waals surface area contributed by atoms with E-state index in [1.807, 2.05) is 17.0 Å². The van der Waals surface area contributed by atoms with Crippen LogP contribution < -0.4 is 44.1 Å². The van der Waals surface area contributed by atoms with Gasteiger partial charge in [0.1, 0.15) is 5.60 Å². The van der Waals surface area contributed by atoms with E-state index in [1.165, 1.54) is 31.3 Å².